The average Bonchev–Trinajstić information content (AvgIpc) is 2.58. The van der Waals surface area contributed by atoms with E-state index in [-0.39, 0.29) is 0 Å². The predicted octanol–water partition coefficient (Wildman–Crippen LogP) is 6.03. The molecule has 0 unspecified atom stereocenters. The van der Waals surface area contributed by atoms with Crippen LogP contribution in [0.15, 0.2) is 28.9 Å². The molecule has 124 valence electrons. The molecule has 0 saturated carbocycles. The molecule has 0 bridgehead atoms. The van der Waals surface area contributed by atoms with Crippen molar-refractivity contribution in [1.82, 2.24) is 0 Å². The molecule has 0 N–H and O–H groups in total. The van der Waals surface area contributed by atoms with Gasteiger partial charge < -0.3 is 0 Å². The Morgan fingerprint density at radius 1 is 0.609 bits per heavy atom. The van der Waals surface area contributed by atoms with Crippen molar-refractivity contribution < 1.29 is 35.1 Å². The molecule has 1 aromatic carbocycles. The van der Waals surface area contributed by atoms with Gasteiger partial charge in [-0.1, -0.05) is 0 Å². The number of hydrogen-bond acceptors (Lipinski definition) is 0. The minimum absolute atomic E-state index is 0.705. The van der Waals surface area contributed by atoms with Crippen molar-refractivity contribution in [1.29, 1.82) is 0 Å². The Bertz CT molecular complexity index is 769. The summed E-state index contributed by atoms with van der Waals surface area (Å²) in [6.07, 6.45) is -1.31. The molecule has 8 heteroatoms. The summed E-state index contributed by atoms with van der Waals surface area (Å²) in [6, 6.07) is 0. The molecule has 0 atom stereocenters. The quantitative estimate of drug-likeness (QED) is 0.432. The summed E-state index contributed by atoms with van der Waals surface area (Å²) in [5.74, 6) is -15.3. The van der Waals surface area contributed by atoms with Crippen LogP contribution in [-0.2, 0) is 0 Å². The first kappa shape index (κ1) is 17.2. The summed E-state index contributed by atoms with van der Waals surface area (Å²) >= 11 is 0. The van der Waals surface area contributed by atoms with E-state index in [2.05, 4.69) is 0 Å². The Labute approximate surface area is 125 Å². The summed E-state index contributed by atoms with van der Waals surface area (Å²) in [6.45, 7) is 1.49. The zero-order valence-electron chi connectivity index (χ0n) is 11.7. The molecule has 0 heterocycles. The highest BCUT2D eigenvalue weighted by molar-refractivity contribution is 5.81. The fourth-order valence-corrected chi connectivity index (χ4v) is 2.08. The molecule has 0 saturated heterocycles. The van der Waals surface area contributed by atoms with Gasteiger partial charge in [0.05, 0.1) is 17.6 Å². The maximum absolute atomic E-state index is 14.0. The molecule has 0 radical (unpaired) electrons. The molecule has 0 aromatic heterocycles. The normalized spacial score (nSPS) is 16.4. The minimum atomic E-state index is -2.15. The number of allylic oxidation sites excluding steroid dienone is 6. The average molecular weight is 340 g/mol. The SMILES string of the molecule is CC1=C(F)CC(F)=C(c2c(F)c(F)c(C)c(F)c2F)C(F)=C1F. The van der Waals surface area contributed by atoms with Crippen LogP contribution < -0.4 is 0 Å². The molecule has 0 aliphatic heterocycles. The van der Waals surface area contributed by atoms with Gasteiger partial charge in [-0.2, -0.15) is 0 Å². The Kier molecular flexibility index (Phi) is 4.37. The van der Waals surface area contributed by atoms with Crippen LogP contribution in [0.5, 0.6) is 0 Å². The van der Waals surface area contributed by atoms with Crippen molar-refractivity contribution in [2.24, 2.45) is 0 Å². The van der Waals surface area contributed by atoms with Crippen molar-refractivity contribution >= 4 is 5.57 Å². The number of rotatable bonds is 1. The fraction of sp³-hybridized carbons (Fsp3) is 0.200. The summed E-state index contributed by atoms with van der Waals surface area (Å²) in [5.41, 5.74) is -5.43. The van der Waals surface area contributed by atoms with E-state index in [1.54, 1.807) is 0 Å². The molecular weight excluding hydrogens is 332 g/mol. The highest BCUT2D eigenvalue weighted by Crippen LogP contribution is 2.42. The third kappa shape index (κ3) is 2.55. The summed E-state index contributed by atoms with van der Waals surface area (Å²) in [7, 11) is 0. The Hall–Kier alpha value is -2.12. The van der Waals surface area contributed by atoms with E-state index in [1.807, 2.05) is 0 Å². The van der Waals surface area contributed by atoms with Gasteiger partial charge in [0.1, 0.15) is 11.7 Å². The van der Waals surface area contributed by atoms with Gasteiger partial charge >= 0.3 is 0 Å². The second kappa shape index (κ2) is 5.82. The van der Waals surface area contributed by atoms with Crippen LogP contribution in [0.2, 0.25) is 0 Å². The summed E-state index contributed by atoms with van der Waals surface area (Å²) in [4.78, 5) is 0. The third-order valence-corrected chi connectivity index (χ3v) is 3.46. The van der Waals surface area contributed by atoms with Crippen LogP contribution in [0.4, 0.5) is 35.1 Å². The largest absolute Gasteiger partial charge is 0.211 e. The third-order valence-electron chi connectivity index (χ3n) is 3.46. The van der Waals surface area contributed by atoms with Gasteiger partial charge in [0.15, 0.2) is 34.9 Å². The van der Waals surface area contributed by atoms with Crippen molar-refractivity contribution in [3.8, 4) is 0 Å². The fourth-order valence-electron chi connectivity index (χ4n) is 2.08. The topological polar surface area (TPSA) is 0 Å². The molecule has 1 aliphatic rings. The van der Waals surface area contributed by atoms with Crippen LogP contribution >= 0.6 is 0 Å². The Morgan fingerprint density at radius 3 is 1.57 bits per heavy atom. The summed E-state index contributed by atoms with van der Waals surface area (Å²) < 4.78 is 110. The zero-order chi connectivity index (χ0) is 17.6. The van der Waals surface area contributed by atoms with Gasteiger partial charge in [0.2, 0.25) is 0 Å². The van der Waals surface area contributed by atoms with Gasteiger partial charge in [-0.25, -0.2) is 35.1 Å². The molecule has 1 aliphatic carbocycles. The first-order valence-corrected chi connectivity index (χ1v) is 6.22. The number of halogens is 8. The van der Waals surface area contributed by atoms with Crippen molar-refractivity contribution in [3.63, 3.8) is 0 Å². The monoisotopic (exact) mass is 340 g/mol. The lowest BCUT2D eigenvalue weighted by Crippen LogP contribution is -2.07. The van der Waals surface area contributed by atoms with Crippen LogP contribution in [0.3, 0.4) is 0 Å². The lowest BCUT2D eigenvalue weighted by Gasteiger charge is -2.12. The second-order valence-electron chi connectivity index (χ2n) is 4.87. The standard InChI is InChI=1S/C15H8F8/c1-4-6(16)3-7(17)8(13(21)10(4)18)9-14(22)11(19)5(2)12(20)15(9)23/h3H2,1-2H3. The molecular formula is C15H8F8. The molecule has 1 aromatic rings. The van der Waals surface area contributed by atoms with E-state index >= 15 is 0 Å². The molecule has 0 amide bonds. The highest BCUT2D eigenvalue weighted by Gasteiger charge is 2.33. The van der Waals surface area contributed by atoms with Gasteiger partial charge in [-0.15, -0.1) is 0 Å². The van der Waals surface area contributed by atoms with E-state index < -0.39 is 75.3 Å². The highest BCUT2D eigenvalue weighted by atomic mass is 19.2. The smallest absolute Gasteiger partial charge is 0.170 e. The summed E-state index contributed by atoms with van der Waals surface area (Å²) in [5, 5.41) is 0. The molecule has 23 heavy (non-hydrogen) atoms. The maximum Gasteiger partial charge on any atom is 0.170 e. The van der Waals surface area contributed by atoms with E-state index in [9.17, 15) is 35.1 Å². The van der Waals surface area contributed by atoms with E-state index in [1.165, 1.54) is 0 Å². The van der Waals surface area contributed by atoms with Gasteiger partial charge in [0, 0.05) is 11.1 Å². The minimum Gasteiger partial charge on any atom is -0.211 e. The van der Waals surface area contributed by atoms with Crippen molar-refractivity contribution in [3.05, 3.63) is 63.3 Å². The first-order valence-electron chi connectivity index (χ1n) is 6.22. The number of hydrogen-bond donors (Lipinski definition) is 0. The molecule has 2 rings (SSSR count). The lowest BCUT2D eigenvalue weighted by molar-refractivity contribution is 0.439. The molecule has 0 fully saturated rings. The van der Waals surface area contributed by atoms with Crippen molar-refractivity contribution in [2.75, 3.05) is 0 Å². The van der Waals surface area contributed by atoms with Crippen molar-refractivity contribution in [2.45, 2.75) is 20.3 Å². The van der Waals surface area contributed by atoms with Gasteiger partial charge in [-0.05, 0) is 13.8 Å². The van der Waals surface area contributed by atoms with E-state index in [0.29, 0.717) is 6.92 Å². The Morgan fingerprint density at radius 2 is 1.09 bits per heavy atom. The molecule has 0 nitrogen and oxygen atoms in total. The predicted molar refractivity (Wildman–Crippen MR) is 66.7 cm³/mol. The van der Waals surface area contributed by atoms with Gasteiger partial charge in [-0.3, -0.25) is 0 Å². The van der Waals surface area contributed by atoms with Gasteiger partial charge in [0.25, 0.3) is 0 Å². The van der Waals surface area contributed by atoms with Crippen LogP contribution in [0, 0.1) is 30.2 Å². The van der Waals surface area contributed by atoms with Crippen LogP contribution in [-0.4, -0.2) is 0 Å². The van der Waals surface area contributed by atoms with E-state index in [4.69, 9.17) is 0 Å². The van der Waals surface area contributed by atoms with Crippen LogP contribution in [0.1, 0.15) is 24.5 Å². The lowest BCUT2D eigenvalue weighted by atomic mass is 9.98. The van der Waals surface area contributed by atoms with Crippen LogP contribution in [0.25, 0.3) is 5.57 Å². The first-order chi connectivity index (χ1) is 10.6. The number of benzene rings is 1. The maximum atomic E-state index is 14.0. The van der Waals surface area contributed by atoms with E-state index in [0.717, 1.165) is 6.92 Å². The molecule has 0 spiro atoms. The zero-order valence-corrected chi connectivity index (χ0v) is 11.7. The Balaban J connectivity index is 2.90. The second-order valence-corrected chi connectivity index (χ2v) is 4.87.